The van der Waals surface area contributed by atoms with Gasteiger partial charge in [0.05, 0.1) is 37.1 Å². The number of nitrogen functional groups attached to an aromatic ring is 1. The number of hydrogen-bond donors (Lipinski definition) is 4. The smallest absolute Gasteiger partial charge is 0.328 e. The van der Waals surface area contributed by atoms with E-state index in [-0.39, 0.29) is 29.1 Å². The molecule has 54 heavy (non-hydrogen) atoms. The lowest BCUT2D eigenvalue weighted by molar-refractivity contribution is -0.261. The zero-order valence-corrected chi connectivity index (χ0v) is 32.5. The fourth-order valence-corrected chi connectivity index (χ4v) is 7.39. The van der Waals surface area contributed by atoms with E-state index in [9.17, 15) is 29.0 Å². The highest BCUT2D eigenvalue weighted by molar-refractivity contribution is 6.35. The number of aliphatic hydroxyl groups is 2. The second-order valence-electron chi connectivity index (χ2n) is 14.8. The van der Waals surface area contributed by atoms with Gasteiger partial charge in [-0.25, -0.2) is 14.5 Å². The average molecular weight is 773 g/mol. The van der Waals surface area contributed by atoms with Gasteiger partial charge in [0, 0.05) is 37.9 Å². The topological polar surface area (TPSA) is 176 Å². The summed E-state index contributed by atoms with van der Waals surface area (Å²) in [5.41, 5.74) is 4.91. The number of methoxy groups -OCH3 is 1. The number of ether oxygens (including phenoxy) is 4. The van der Waals surface area contributed by atoms with Gasteiger partial charge in [-0.15, -0.1) is 0 Å². The van der Waals surface area contributed by atoms with Gasteiger partial charge in [0.15, 0.2) is 0 Å². The molecule has 5 rings (SSSR count). The van der Waals surface area contributed by atoms with Crippen LogP contribution in [0.5, 0.6) is 5.75 Å². The molecule has 1 unspecified atom stereocenters. The van der Waals surface area contributed by atoms with E-state index in [4.69, 9.17) is 36.3 Å². The lowest BCUT2D eigenvalue weighted by Crippen LogP contribution is -2.63. The number of epoxide rings is 1. The van der Waals surface area contributed by atoms with Crippen LogP contribution < -0.4 is 20.7 Å². The first-order valence-corrected chi connectivity index (χ1v) is 18.2. The highest BCUT2D eigenvalue weighted by Crippen LogP contribution is 2.49. The standard InChI is InChI=1S/C39H50ClFN4O9/c1-20-10-9-11-21(2)39(50)19-30(52-37(49)43-39)22(3)34-38(5,54-34)31(18-32(46)45(7)28-15-24(14-20)16-29(51-8)33(28)40)53-36(48)23(4)44(6)35(47)25-12-13-26(41)27(42)17-25/h9-13,15-17,21-23,30-31,34,37,43,49-50H,14,18-19,42H2,1-8H3/b11-9+,20-10+/t21-,22-,23+,30+,31+,34+,37?,38+,39+/m1/s1. The Morgan fingerprint density at radius 2 is 1.94 bits per heavy atom. The minimum absolute atomic E-state index is 0.0697. The normalized spacial score (nSPS) is 32.4. The van der Waals surface area contributed by atoms with Crippen molar-refractivity contribution in [3.05, 3.63) is 76.1 Å². The van der Waals surface area contributed by atoms with Crippen LogP contribution in [0.1, 0.15) is 63.4 Å². The number of carbonyl (C=O) groups excluding carboxylic acids is 3. The number of halogens is 2. The molecular formula is C39H50ClFN4O9. The van der Waals surface area contributed by atoms with Gasteiger partial charge in [-0.3, -0.25) is 9.59 Å². The summed E-state index contributed by atoms with van der Waals surface area (Å²) in [5.74, 6) is -3.12. The van der Waals surface area contributed by atoms with E-state index < -0.39 is 77.5 Å². The number of esters is 1. The molecule has 0 spiro atoms. The third-order valence-corrected chi connectivity index (χ3v) is 11.3. The molecule has 3 aliphatic rings. The first-order chi connectivity index (χ1) is 25.3. The van der Waals surface area contributed by atoms with Crippen LogP contribution in [0.15, 0.2) is 54.1 Å². The number of allylic oxidation sites excluding steroid dienone is 3. The summed E-state index contributed by atoms with van der Waals surface area (Å²) >= 11 is 6.76. The largest absolute Gasteiger partial charge is 0.495 e. The SMILES string of the molecule is COc1cc2cc(c1Cl)N(C)C(=O)C[C@H](OC(=O)[C@H](C)N(C)C(=O)c1ccc(F)c(N)c1)[C@]1(C)O[C@H]1[C@H](C)[C@@H]1C[C@@](O)(NC(O)O1)[C@H](C)/C=C/C=C(\C)C2. The first kappa shape index (κ1) is 41.1. The summed E-state index contributed by atoms with van der Waals surface area (Å²) in [4.78, 5) is 43.8. The van der Waals surface area contributed by atoms with Crippen LogP contribution in [0, 0.1) is 17.7 Å². The number of rotatable bonds is 5. The number of carbonyl (C=O) groups is 3. The molecule has 9 atom stereocenters. The molecule has 2 amide bonds. The molecule has 5 N–H and O–H groups in total. The fraction of sp³-hybridized carbons (Fsp3) is 0.513. The number of benzene rings is 2. The summed E-state index contributed by atoms with van der Waals surface area (Å²) in [6.45, 7) is 8.79. The molecule has 2 fully saturated rings. The van der Waals surface area contributed by atoms with Gasteiger partial charge in [0.1, 0.15) is 40.1 Å². The van der Waals surface area contributed by atoms with Crippen molar-refractivity contribution in [2.24, 2.45) is 11.8 Å². The van der Waals surface area contributed by atoms with Crippen molar-refractivity contribution in [2.45, 2.75) is 96.0 Å². The van der Waals surface area contributed by atoms with Crippen LogP contribution in [-0.4, -0.2) is 96.2 Å². The fourth-order valence-electron chi connectivity index (χ4n) is 7.08. The predicted molar refractivity (Wildman–Crippen MR) is 200 cm³/mol. The Hall–Kier alpha value is -4.05. The molecule has 2 saturated heterocycles. The summed E-state index contributed by atoms with van der Waals surface area (Å²) < 4.78 is 37.6. The van der Waals surface area contributed by atoms with E-state index >= 15 is 0 Å². The van der Waals surface area contributed by atoms with E-state index in [2.05, 4.69) is 5.32 Å². The van der Waals surface area contributed by atoms with Gasteiger partial charge < -0.3 is 44.7 Å². The van der Waals surface area contributed by atoms with E-state index in [0.717, 1.165) is 22.1 Å². The molecule has 3 heterocycles. The average Bonchev–Trinajstić information content (AvgIpc) is 3.82. The Labute approximate surface area is 319 Å². The van der Waals surface area contributed by atoms with Gasteiger partial charge >= 0.3 is 5.97 Å². The zero-order valence-electron chi connectivity index (χ0n) is 31.8. The zero-order chi connectivity index (χ0) is 39.9. The summed E-state index contributed by atoms with van der Waals surface area (Å²) in [7, 11) is 4.44. The van der Waals surface area contributed by atoms with Crippen molar-refractivity contribution in [1.82, 2.24) is 10.2 Å². The molecule has 0 aliphatic carbocycles. The van der Waals surface area contributed by atoms with Crippen molar-refractivity contribution in [2.75, 3.05) is 31.8 Å². The molecule has 0 saturated carbocycles. The third-order valence-electron chi connectivity index (χ3n) is 10.9. The van der Waals surface area contributed by atoms with Gasteiger partial charge in [0.2, 0.25) is 12.3 Å². The van der Waals surface area contributed by atoms with Gasteiger partial charge in [-0.2, -0.15) is 0 Å². The quantitative estimate of drug-likeness (QED) is 0.193. The highest BCUT2D eigenvalue weighted by atomic mass is 35.5. The molecule has 2 aromatic carbocycles. The number of hydrogen-bond acceptors (Lipinski definition) is 11. The highest BCUT2D eigenvalue weighted by Gasteiger charge is 2.64. The minimum atomic E-state index is -1.55. The van der Waals surface area contributed by atoms with E-state index in [0.29, 0.717) is 17.9 Å². The molecule has 0 radical (unpaired) electrons. The maximum atomic E-state index is 14.2. The monoisotopic (exact) mass is 772 g/mol. The second-order valence-corrected chi connectivity index (χ2v) is 15.2. The summed E-state index contributed by atoms with van der Waals surface area (Å²) in [6.07, 6.45) is 1.82. The van der Waals surface area contributed by atoms with Crippen molar-refractivity contribution in [1.29, 1.82) is 0 Å². The van der Waals surface area contributed by atoms with Crippen LogP contribution >= 0.6 is 11.6 Å². The number of amides is 2. The molecule has 294 valence electrons. The number of anilines is 2. The van der Waals surface area contributed by atoms with Crippen LogP contribution in [0.3, 0.4) is 0 Å². The van der Waals surface area contributed by atoms with Crippen molar-refractivity contribution >= 4 is 40.8 Å². The molecule has 15 heteroatoms. The van der Waals surface area contributed by atoms with Crippen LogP contribution in [-0.2, 0) is 30.2 Å². The Bertz CT molecular complexity index is 1840. The molecule has 3 aliphatic heterocycles. The summed E-state index contributed by atoms with van der Waals surface area (Å²) in [5, 5.41) is 25.4. The number of nitrogens with one attached hydrogen (secondary N) is 1. The van der Waals surface area contributed by atoms with E-state index in [1.165, 1.54) is 38.1 Å². The molecule has 13 nitrogen and oxygen atoms in total. The van der Waals surface area contributed by atoms with E-state index in [1.807, 2.05) is 39.0 Å². The molecular weight excluding hydrogens is 723 g/mol. The first-order valence-electron chi connectivity index (χ1n) is 17.8. The predicted octanol–water partition coefficient (Wildman–Crippen LogP) is 4.33. The van der Waals surface area contributed by atoms with Gasteiger partial charge in [0.25, 0.3) is 5.91 Å². The number of likely N-dealkylation sites (N-methyl/N-ethyl adjacent to an activating group) is 1. The van der Waals surface area contributed by atoms with Crippen molar-refractivity contribution in [3.63, 3.8) is 0 Å². The van der Waals surface area contributed by atoms with Gasteiger partial charge in [-0.05, 0) is 63.1 Å². The van der Waals surface area contributed by atoms with Crippen LogP contribution in [0.25, 0.3) is 0 Å². The summed E-state index contributed by atoms with van der Waals surface area (Å²) in [6, 6.07) is 5.95. The number of aliphatic hydroxyl groups excluding tert-OH is 1. The Kier molecular flexibility index (Phi) is 12.2. The third kappa shape index (κ3) is 8.43. The van der Waals surface area contributed by atoms with Gasteiger partial charge in [-0.1, -0.05) is 49.2 Å². The number of fused-ring (bicyclic) bond motifs is 5. The molecule has 2 aromatic rings. The maximum absolute atomic E-state index is 14.2. The number of nitrogens with zero attached hydrogens (tertiary/aromatic N) is 2. The maximum Gasteiger partial charge on any atom is 0.328 e. The lowest BCUT2D eigenvalue weighted by atomic mass is 9.82. The van der Waals surface area contributed by atoms with Crippen molar-refractivity contribution in [3.8, 4) is 5.75 Å². The Balaban J connectivity index is 1.51. The van der Waals surface area contributed by atoms with Crippen molar-refractivity contribution < 1.29 is 47.9 Å². The molecule has 4 bridgehead atoms. The van der Waals surface area contributed by atoms with Crippen LogP contribution in [0.2, 0.25) is 5.02 Å². The van der Waals surface area contributed by atoms with E-state index in [1.54, 1.807) is 26.1 Å². The Morgan fingerprint density at radius 3 is 2.61 bits per heavy atom. The number of nitrogens with two attached hydrogens (primary N) is 1. The minimum Gasteiger partial charge on any atom is -0.495 e. The van der Waals surface area contributed by atoms with Crippen LogP contribution in [0.4, 0.5) is 15.8 Å². The molecule has 0 aromatic heterocycles. The second kappa shape index (κ2) is 16.0. The lowest BCUT2D eigenvalue weighted by Gasteiger charge is -2.44. The Morgan fingerprint density at radius 1 is 1.24 bits per heavy atom.